The molecule has 0 atom stereocenters. The van der Waals surface area contributed by atoms with Gasteiger partial charge in [-0.15, -0.1) is 0 Å². The van der Waals surface area contributed by atoms with E-state index in [0.29, 0.717) is 21.3 Å². The first-order valence-electron chi connectivity index (χ1n) is 7.42. The molecule has 0 aliphatic heterocycles. The van der Waals surface area contributed by atoms with E-state index in [2.05, 4.69) is 0 Å². The Balaban J connectivity index is 2.24. The Labute approximate surface area is 141 Å². The highest BCUT2D eigenvalue weighted by atomic mass is 35.5. The molecule has 0 unspecified atom stereocenters. The maximum Gasteiger partial charge on any atom is 0.250 e. The summed E-state index contributed by atoms with van der Waals surface area (Å²) < 4.78 is 5.83. The van der Waals surface area contributed by atoms with Crippen molar-refractivity contribution in [3.8, 4) is 5.75 Å². The number of carbonyl (C=O) groups is 1. The third-order valence-corrected chi connectivity index (χ3v) is 3.76. The molecule has 1 N–H and O–H groups in total. The highest BCUT2D eigenvalue weighted by molar-refractivity contribution is 6.30. The van der Waals surface area contributed by atoms with E-state index in [1.54, 1.807) is 25.1 Å². The number of hydrogen-bond acceptors (Lipinski definition) is 3. The van der Waals surface area contributed by atoms with Crippen LogP contribution in [0.5, 0.6) is 5.75 Å². The SMILES string of the molecule is CCC(=O)N(O)c1ccc(Cl)cc1COc1ccc(C)cc1C. The van der Waals surface area contributed by atoms with Gasteiger partial charge in [-0.1, -0.05) is 36.2 Å². The summed E-state index contributed by atoms with van der Waals surface area (Å²) in [6, 6.07) is 10.8. The van der Waals surface area contributed by atoms with E-state index in [1.165, 1.54) is 0 Å². The van der Waals surface area contributed by atoms with Crippen LogP contribution in [0.2, 0.25) is 5.02 Å². The van der Waals surface area contributed by atoms with Crippen LogP contribution in [-0.2, 0) is 11.4 Å². The fourth-order valence-corrected chi connectivity index (χ4v) is 2.47. The fourth-order valence-electron chi connectivity index (χ4n) is 2.28. The lowest BCUT2D eigenvalue weighted by atomic mass is 10.1. The summed E-state index contributed by atoms with van der Waals surface area (Å²) in [6.07, 6.45) is 0.205. The summed E-state index contributed by atoms with van der Waals surface area (Å²) >= 11 is 6.03. The van der Waals surface area contributed by atoms with Crippen LogP contribution in [-0.4, -0.2) is 11.1 Å². The van der Waals surface area contributed by atoms with Crippen LogP contribution in [0.1, 0.15) is 30.0 Å². The van der Waals surface area contributed by atoms with Crippen molar-refractivity contribution in [3.05, 3.63) is 58.1 Å². The lowest BCUT2D eigenvalue weighted by molar-refractivity contribution is -0.123. The Morgan fingerprint density at radius 1 is 1.22 bits per heavy atom. The van der Waals surface area contributed by atoms with Gasteiger partial charge in [0.1, 0.15) is 12.4 Å². The Morgan fingerprint density at radius 3 is 2.61 bits per heavy atom. The van der Waals surface area contributed by atoms with Crippen molar-refractivity contribution in [2.45, 2.75) is 33.8 Å². The van der Waals surface area contributed by atoms with Crippen molar-refractivity contribution >= 4 is 23.2 Å². The number of carbonyl (C=O) groups excluding carboxylic acids is 1. The van der Waals surface area contributed by atoms with Gasteiger partial charge in [-0.05, 0) is 43.7 Å². The highest BCUT2D eigenvalue weighted by Crippen LogP contribution is 2.27. The maximum atomic E-state index is 11.7. The third-order valence-electron chi connectivity index (χ3n) is 3.52. The van der Waals surface area contributed by atoms with Crippen LogP contribution < -0.4 is 9.80 Å². The molecule has 2 aromatic carbocycles. The molecule has 0 bridgehead atoms. The molecule has 122 valence electrons. The van der Waals surface area contributed by atoms with Crippen molar-refractivity contribution in [2.75, 3.05) is 5.06 Å². The average molecular weight is 334 g/mol. The number of hydroxylamine groups is 1. The Morgan fingerprint density at radius 2 is 1.96 bits per heavy atom. The second kappa shape index (κ2) is 7.49. The molecule has 1 amide bonds. The van der Waals surface area contributed by atoms with Crippen molar-refractivity contribution < 1.29 is 14.7 Å². The molecule has 0 saturated carbocycles. The van der Waals surface area contributed by atoms with Gasteiger partial charge in [-0.3, -0.25) is 10.0 Å². The number of benzene rings is 2. The maximum absolute atomic E-state index is 11.7. The molecule has 5 heteroatoms. The van der Waals surface area contributed by atoms with Gasteiger partial charge in [-0.25, -0.2) is 0 Å². The average Bonchev–Trinajstić information content (AvgIpc) is 2.52. The van der Waals surface area contributed by atoms with Crippen LogP contribution >= 0.6 is 11.6 Å². The van der Waals surface area contributed by atoms with Gasteiger partial charge in [0, 0.05) is 17.0 Å². The molecule has 0 saturated heterocycles. The molecular formula is C18H20ClNO3. The van der Waals surface area contributed by atoms with E-state index in [-0.39, 0.29) is 18.9 Å². The van der Waals surface area contributed by atoms with Gasteiger partial charge < -0.3 is 4.74 Å². The van der Waals surface area contributed by atoms with Crippen LogP contribution in [0.3, 0.4) is 0 Å². The van der Waals surface area contributed by atoms with Gasteiger partial charge in [0.15, 0.2) is 0 Å². The predicted octanol–water partition coefficient (Wildman–Crippen LogP) is 4.67. The van der Waals surface area contributed by atoms with Crippen LogP contribution in [0, 0.1) is 13.8 Å². The molecule has 0 aliphatic carbocycles. The van der Waals surface area contributed by atoms with Gasteiger partial charge in [-0.2, -0.15) is 5.06 Å². The highest BCUT2D eigenvalue weighted by Gasteiger charge is 2.16. The lowest BCUT2D eigenvalue weighted by Crippen LogP contribution is -2.27. The van der Waals surface area contributed by atoms with E-state index in [1.807, 2.05) is 32.0 Å². The van der Waals surface area contributed by atoms with E-state index in [0.717, 1.165) is 16.9 Å². The zero-order valence-electron chi connectivity index (χ0n) is 13.5. The van der Waals surface area contributed by atoms with Crippen molar-refractivity contribution in [2.24, 2.45) is 0 Å². The minimum atomic E-state index is -0.389. The van der Waals surface area contributed by atoms with E-state index >= 15 is 0 Å². The molecule has 2 rings (SSSR count). The van der Waals surface area contributed by atoms with E-state index < -0.39 is 0 Å². The molecule has 23 heavy (non-hydrogen) atoms. The van der Waals surface area contributed by atoms with Gasteiger partial charge in [0.2, 0.25) is 5.91 Å². The minimum Gasteiger partial charge on any atom is -0.489 e. The quantitative estimate of drug-likeness (QED) is 0.639. The number of nitrogens with zero attached hydrogens (tertiary/aromatic N) is 1. The second-order valence-electron chi connectivity index (χ2n) is 5.39. The lowest BCUT2D eigenvalue weighted by Gasteiger charge is -2.19. The van der Waals surface area contributed by atoms with Crippen molar-refractivity contribution in [1.82, 2.24) is 0 Å². The predicted molar refractivity (Wildman–Crippen MR) is 91.3 cm³/mol. The summed E-state index contributed by atoms with van der Waals surface area (Å²) in [5.41, 5.74) is 3.21. The second-order valence-corrected chi connectivity index (χ2v) is 5.83. The van der Waals surface area contributed by atoms with Gasteiger partial charge in [0.25, 0.3) is 0 Å². The monoisotopic (exact) mass is 333 g/mol. The molecular weight excluding hydrogens is 314 g/mol. The number of amides is 1. The van der Waals surface area contributed by atoms with E-state index in [9.17, 15) is 10.0 Å². The molecule has 4 nitrogen and oxygen atoms in total. The first-order chi connectivity index (χ1) is 10.9. The molecule has 0 fully saturated rings. The largest absolute Gasteiger partial charge is 0.489 e. The summed E-state index contributed by atoms with van der Waals surface area (Å²) in [7, 11) is 0. The number of ether oxygens (including phenoxy) is 1. The normalized spacial score (nSPS) is 10.5. The number of hydrogen-bond donors (Lipinski definition) is 1. The van der Waals surface area contributed by atoms with Gasteiger partial charge >= 0.3 is 0 Å². The van der Waals surface area contributed by atoms with Crippen LogP contribution in [0.15, 0.2) is 36.4 Å². The summed E-state index contributed by atoms with van der Waals surface area (Å²) in [6.45, 7) is 5.88. The molecule has 0 spiro atoms. The standard InChI is InChI=1S/C18H20ClNO3/c1-4-18(21)20(22)16-7-6-15(19)10-14(16)11-23-17-8-5-12(2)9-13(17)3/h5-10,22H,4,11H2,1-3H3. The van der Waals surface area contributed by atoms with Crippen LogP contribution in [0.4, 0.5) is 5.69 Å². The zero-order chi connectivity index (χ0) is 17.0. The molecule has 2 aromatic rings. The Kier molecular flexibility index (Phi) is 5.64. The zero-order valence-corrected chi connectivity index (χ0v) is 14.2. The minimum absolute atomic E-state index is 0.202. The van der Waals surface area contributed by atoms with Crippen molar-refractivity contribution in [1.29, 1.82) is 0 Å². The number of anilines is 1. The molecule has 0 radical (unpaired) electrons. The van der Waals surface area contributed by atoms with Gasteiger partial charge in [0.05, 0.1) is 5.69 Å². The Bertz CT molecular complexity index is 715. The third kappa shape index (κ3) is 4.24. The van der Waals surface area contributed by atoms with E-state index in [4.69, 9.17) is 16.3 Å². The first kappa shape index (κ1) is 17.3. The fraction of sp³-hybridized carbons (Fsp3) is 0.278. The Hall–Kier alpha value is -2.04. The number of rotatable bonds is 5. The topological polar surface area (TPSA) is 49.8 Å². The van der Waals surface area contributed by atoms with Crippen molar-refractivity contribution in [3.63, 3.8) is 0 Å². The summed E-state index contributed by atoms with van der Waals surface area (Å²) in [4.78, 5) is 11.7. The number of aryl methyl sites for hydroxylation is 2. The molecule has 0 aliphatic rings. The molecule has 0 heterocycles. The summed E-state index contributed by atoms with van der Waals surface area (Å²) in [5.74, 6) is 0.368. The summed E-state index contributed by atoms with van der Waals surface area (Å²) in [5, 5.41) is 11.2. The van der Waals surface area contributed by atoms with Crippen LogP contribution in [0.25, 0.3) is 0 Å². The first-order valence-corrected chi connectivity index (χ1v) is 7.80. The number of halogens is 1. The smallest absolute Gasteiger partial charge is 0.250 e. The molecule has 0 aromatic heterocycles.